The minimum absolute atomic E-state index is 0.216. The minimum atomic E-state index is -0.216. The summed E-state index contributed by atoms with van der Waals surface area (Å²) in [6, 6.07) is 3.96. The van der Waals surface area contributed by atoms with Crippen molar-refractivity contribution >= 4 is 23.3 Å². The van der Waals surface area contributed by atoms with Gasteiger partial charge in [-0.05, 0) is 51.3 Å². The Balaban J connectivity index is 2.45. The van der Waals surface area contributed by atoms with Crippen molar-refractivity contribution in [3.8, 4) is 18.1 Å². The Morgan fingerprint density at radius 2 is 2.12 bits per heavy atom. The second-order valence-corrected chi connectivity index (χ2v) is 6.45. The predicted octanol–water partition coefficient (Wildman–Crippen LogP) is 4.67. The van der Waals surface area contributed by atoms with Gasteiger partial charge in [0.1, 0.15) is 11.6 Å². The van der Waals surface area contributed by atoms with Gasteiger partial charge in [0.15, 0.2) is 0 Å². The summed E-state index contributed by atoms with van der Waals surface area (Å²) in [5.74, 6) is 4.39. The van der Waals surface area contributed by atoms with Gasteiger partial charge in [0.25, 0.3) is 0 Å². The molecule has 1 aromatic carbocycles. The summed E-state index contributed by atoms with van der Waals surface area (Å²) < 4.78 is 5.47. The van der Waals surface area contributed by atoms with E-state index >= 15 is 0 Å². The van der Waals surface area contributed by atoms with E-state index in [1.807, 2.05) is 45.2 Å². The number of allylic oxidation sites excluding steroid dienone is 3. The van der Waals surface area contributed by atoms with Gasteiger partial charge in [-0.1, -0.05) is 18.6 Å². The molecule has 0 amide bonds. The zero-order chi connectivity index (χ0) is 19.3. The van der Waals surface area contributed by atoms with Crippen molar-refractivity contribution in [3.63, 3.8) is 0 Å². The van der Waals surface area contributed by atoms with Crippen LogP contribution in [0, 0.1) is 24.7 Å². The smallest absolute Gasteiger partial charge is 0.123 e. The van der Waals surface area contributed by atoms with E-state index < -0.39 is 0 Å². The van der Waals surface area contributed by atoms with Crippen LogP contribution in [0.2, 0.25) is 0 Å². The highest BCUT2D eigenvalue weighted by molar-refractivity contribution is 6.12. The molecule has 0 aliphatic heterocycles. The Kier molecular flexibility index (Phi) is 6.05. The first kappa shape index (κ1) is 19.5. The van der Waals surface area contributed by atoms with Crippen LogP contribution >= 0.6 is 0 Å². The Morgan fingerprint density at radius 3 is 2.62 bits per heavy atom. The number of hydrogen-bond acceptors (Lipinski definition) is 3. The fourth-order valence-electron chi connectivity index (χ4n) is 2.91. The lowest BCUT2D eigenvalue weighted by molar-refractivity contribution is 0.412. The van der Waals surface area contributed by atoms with Gasteiger partial charge in [0.2, 0.25) is 0 Å². The van der Waals surface area contributed by atoms with Gasteiger partial charge in [-0.2, -0.15) is 0 Å². The van der Waals surface area contributed by atoms with Gasteiger partial charge < -0.3 is 10.1 Å². The first-order chi connectivity index (χ1) is 12.4. The quantitative estimate of drug-likeness (QED) is 0.461. The SMILES string of the molecule is C#CC1(C(=C)N/C(C)=N/c2c(C(/C=N\C)=C/C)ccc(OC)c2C)CC1. The van der Waals surface area contributed by atoms with Crippen LogP contribution in [-0.4, -0.2) is 26.2 Å². The molecule has 4 heteroatoms. The van der Waals surface area contributed by atoms with Crippen LogP contribution in [0.15, 0.2) is 40.5 Å². The number of nitrogens with zero attached hydrogens (tertiary/aromatic N) is 2. The number of nitrogens with one attached hydrogen (secondary N) is 1. The monoisotopic (exact) mass is 349 g/mol. The number of terminal acetylenes is 1. The molecule has 26 heavy (non-hydrogen) atoms. The number of amidine groups is 1. The fraction of sp³-hybridized carbons (Fsp3) is 0.364. The molecular formula is C22H27N3O. The van der Waals surface area contributed by atoms with Crippen molar-refractivity contribution in [2.45, 2.75) is 33.6 Å². The lowest BCUT2D eigenvalue weighted by atomic mass is 10.00. The van der Waals surface area contributed by atoms with E-state index in [1.54, 1.807) is 14.2 Å². The minimum Gasteiger partial charge on any atom is -0.496 e. The van der Waals surface area contributed by atoms with Gasteiger partial charge in [-0.15, -0.1) is 6.42 Å². The summed E-state index contributed by atoms with van der Waals surface area (Å²) in [5.41, 5.74) is 4.45. The molecule has 1 saturated carbocycles. The number of ether oxygens (including phenoxy) is 1. The average molecular weight is 349 g/mol. The lowest BCUT2D eigenvalue weighted by Gasteiger charge is -2.17. The Hall–Kier alpha value is -2.80. The van der Waals surface area contributed by atoms with E-state index in [-0.39, 0.29) is 5.41 Å². The Labute approximate surface area is 156 Å². The second-order valence-electron chi connectivity index (χ2n) is 6.45. The molecule has 1 aliphatic rings. The third-order valence-electron chi connectivity index (χ3n) is 4.71. The van der Waals surface area contributed by atoms with Gasteiger partial charge in [0, 0.05) is 30.1 Å². The van der Waals surface area contributed by atoms with Crippen molar-refractivity contribution in [2.24, 2.45) is 15.4 Å². The number of methoxy groups -OCH3 is 1. The molecule has 2 rings (SSSR count). The zero-order valence-corrected chi connectivity index (χ0v) is 16.3. The number of aliphatic imine (C=N–C) groups is 2. The van der Waals surface area contributed by atoms with Crippen LogP contribution < -0.4 is 10.1 Å². The molecule has 0 unspecified atom stereocenters. The highest BCUT2D eigenvalue weighted by atomic mass is 16.5. The normalized spacial score (nSPS) is 16.3. The van der Waals surface area contributed by atoms with E-state index in [4.69, 9.17) is 16.2 Å². The van der Waals surface area contributed by atoms with Crippen LogP contribution in [0.4, 0.5) is 5.69 Å². The molecule has 0 bridgehead atoms. The third kappa shape index (κ3) is 3.88. The van der Waals surface area contributed by atoms with Crippen LogP contribution in [0.5, 0.6) is 5.75 Å². The van der Waals surface area contributed by atoms with Crippen molar-refractivity contribution in [3.05, 3.63) is 41.6 Å². The molecular weight excluding hydrogens is 322 g/mol. The molecule has 1 aromatic rings. The summed E-state index contributed by atoms with van der Waals surface area (Å²) in [6.07, 6.45) is 11.4. The molecule has 1 fully saturated rings. The summed E-state index contributed by atoms with van der Waals surface area (Å²) in [6.45, 7) is 10.0. The third-order valence-corrected chi connectivity index (χ3v) is 4.71. The summed E-state index contributed by atoms with van der Waals surface area (Å²) in [5, 5.41) is 3.28. The molecule has 0 saturated heterocycles. The topological polar surface area (TPSA) is 46.0 Å². The standard InChI is InChI=1S/C22H27N3O/c1-8-18(14-23-6)19-10-11-20(26-7)15(3)21(19)25-17(5)24-16(4)22(9-2)12-13-22/h2,8,10-11,14H,4,12-13H2,1,3,5-7H3,(H,24,25)/b18-8+,23-14-. The number of rotatable bonds is 6. The molecule has 0 radical (unpaired) electrons. The first-order valence-electron chi connectivity index (χ1n) is 8.68. The first-order valence-corrected chi connectivity index (χ1v) is 8.68. The van der Waals surface area contributed by atoms with Crippen molar-refractivity contribution < 1.29 is 4.74 Å². The summed E-state index contributed by atoms with van der Waals surface area (Å²) >= 11 is 0. The largest absolute Gasteiger partial charge is 0.496 e. The number of benzene rings is 1. The van der Waals surface area contributed by atoms with Crippen LogP contribution in [0.1, 0.15) is 37.8 Å². The van der Waals surface area contributed by atoms with Gasteiger partial charge >= 0.3 is 0 Å². The number of hydrogen-bond donors (Lipinski definition) is 1. The Bertz CT molecular complexity index is 834. The maximum Gasteiger partial charge on any atom is 0.123 e. The van der Waals surface area contributed by atoms with Crippen LogP contribution in [-0.2, 0) is 0 Å². The highest BCUT2D eigenvalue weighted by Crippen LogP contribution is 2.49. The van der Waals surface area contributed by atoms with Gasteiger partial charge in [-0.25, -0.2) is 4.99 Å². The second kappa shape index (κ2) is 8.05. The van der Waals surface area contributed by atoms with E-state index in [1.165, 1.54) is 0 Å². The average Bonchev–Trinajstić information content (AvgIpc) is 3.43. The molecule has 1 aliphatic carbocycles. The summed E-state index contributed by atoms with van der Waals surface area (Å²) in [4.78, 5) is 8.98. The molecule has 0 atom stereocenters. The van der Waals surface area contributed by atoms with E-state index in [2.05, 4.69) is 22.8 Å². The zero-order valence-electron chi connectivity index (χ0n) is 16.3. The van der Waals surface area contributed by atoms with E-state index in [9.17, 15) is 0 Å². The molecule has 0 aromatic heterocycles. The predicted molar refractivity (Wildman–Crippen MR) is 111 cm³/mol. The van der Waals surface area contributed by atoms with E-state index in [0.29, 0.717) is 0 Å². The highest BCUT2D eigenvalue weighted by Gasteiger charge is 2.44. The maximum absolute atomic E-state index is 5.65. The fourth-order valence-corrected chi connectivity index (χ4v) is 2.91. The van der Waals surface area contributed by atoms with Gasteiger partial charge in [0.05, 0.1) is 18.2 Å². The molecule has 136 valence electrons. The van der Waals surface area contributed by atoms with Gasteiger partial charge in [-0.3, -0.25) is 4.99 Å². The van der Waals surface area contributed by atoms with Crippen molar-refractivity contribution in [2.75, 3.05) is 14.2 Å². The molecule has 0 heterocycles. The molecule has 1 N–H and O–H groups in total. The molecule has 4 nitrogen and oxygen atoms in total. The van der Waals surface area contributed by atoms with Crippen molar-refractivity contribution in [1.29, 1.82) is 0 Å². The van der Waals surface area contributed by atoms with E-state index in [0.717, 1.165) is 52.5 Å². The van der Waals surface area contributed by atoms with Crippen LogP contribution in [0.3, 0.4) is 0 Å². The van der Waals surface area contributed by atoms with Crippen LogP contribution in [0.25, 0.3) is 5.57 Å². The Morgan fingerprint density at radius 1 is 1.42 bits per heavy atom. The molecule has 0 spiro atoms. The lowest BCUT2D eigenvalue weighted by Crippen LogP contribution is -2.24. The van der Waals surface area contributed by atoms with Crippen molar-refractivity contribution in [1.82, 2.24) is 5.32 Å². The maximum atomic E-state index is 5.65. The summed E-state index contributed by atoms with van der Waals surface area (Å²) in [7, 11) is 3.42.